The van der Waals surface area contributed by atoms with E-state index in [0.717, 1.165) is 18.6 Å². The van der Waals surface area contributed by atoms with Gasteiger partial charge in [0.05, 0.1) is 23.1 Å². The number of hydrogen-bond donors (Lipinski definition) is 0. The molecule has 0 bridgehead atoms. The third-order valence-corrected chi connectivity index (χ3v) is 4.56. The molecule has 1 rings (SSSR count). The molecule has 18 heavy (non-hydrogen) atoms. The van der Waals surface area contributed by atoms with Gasteiger partial charge in [-0.1, -0.05) is 20.3 Å². The van der Waals surface area contributed by atoms with Gasteiger partial charge >= 0.3 is 0 Å². The van der Waals surface area contributed by atoms with Crippen molar-refractivity contribution < 1.29 is 12.8 Å². The summed E-state index contributed by atoms with van der Waals surface area (Å²) in [5.41, 5.74) is 0.471. The number of benzene rings is 1. The molecule has 0 aliphatic rings. The zero-order chi connectivity index (χ0) is 13.8. The Morgan fingerprint density at radius 2 is 2.06 bits per heavy atom. The maximum atomic E-state index is 13.2. The van der Waals surface area contributed by atoms with E-state index in [1.165, 1.54) is 6.07 Å². The maximum absolute atomic E-state index is 13.2. The zero-order valence-corrected chi connectivity index (χ0v) is 11.3. The summed E-state index contributed by atoms with van der Waals surface area (Å²) in [4.78, 5) is 0. The van der Waals surface area contributed by atoms with Crippen molar-refractivity contribution in [2.24, 2.45) is 5.92 Å². The zero-order valence-electron chi connectivity index (χ0n) is 10.5. The first-order chi connectivity index (χ1) is 8.36. The van der Waals surface area contributed by atoms with Gasteiger partial charge in [0.2, 0.25) is 0 Å². The van der Waals surface area contributed by atoms with Gasteiger partial charge in [-0.2, -0.15) is 5.26 Å². The fourth-order valence-electron chi connectivity index (χ4n) is 1.66. The second kappa shape index (κ2) is 5.96. The van der Waals surface area contributed by atoms with E-state index in [-0.39, 0.29) is 23.0 Å². The van der Waals surface area contributed by atoms with Crippen LogP contribution in [0.5, 0.6) is 0 Å². The highest BCUT2D eigenvalue weighted by Gasteiger charge is 2.16. The Labute approximate surface area is 107 Å². The van der Waals surface area contributed by atoms with Crippen LogP contribution in [0.4, 0.5) is 4.39 Å². The van der Waals surface area contributed by atoms with Crippen molar-refractivity contribution in [3.05, 3.63) is 35.1 Å². The van der Waals surface area contributed by atoms with Crippen LogP contribution in [0.2, 0.25) is 0 Å². The molecule has 0 aliphatic carbocycles. The third-order valence-electron chi connectivity index (χ3n) is 2.71. The molecule has 0 aromatic heterocycles. The summed E-state index contributed by atoms with van der Waals surface area (Å²) in [7, 11) is -3.26. The summed E-state index contributed by atoms with van der Waals surface area (Å²) in [5.74, 6) is -0.632. The normalized spacial score (nSPS) is 13.0. The van der Waals surface area contributed by atoms with Crippen LogP contribution in [0.15, 0.2) is 18.2 Å². The predicted octanol–water partition coefficient (Wildman–Crippen LogP) is 2.66. The van der Waals surface area contributed by atoms with Gasteiger partial charge in [0, 0.05) is 0 Å². The average molecular weight is 269 g/mol. The molecule has 1 atom stereocenters. The largest absolute Gasteiger partial charge is 0.228 e. The van der Waals surface area contributed by atoms with Crippen LogP contribution in [0.25, 0.3) is 0 Å². The average Bonchev–Trinajstić information content (AvgIpc) is 2.26. The van der Waals surface area contributed by atoms with Crippen LogP contribution in [0.3, 0.4) is 0 Å². The molecule has 0 heterocycles. The predicted molar refractivity (Wildman–Crippen MR) is 68.1 cm³/mol. The highest BCUT2D eigenvalue weighted by Crippen LogP contribution is 2.15. The Kier molecular flexibility index (Phi) is 4.85. The topological polar surface area (TPSA) is 57.9 Å². The number of nitrogens with zero attached hydrogens (tertiary/aromatic N) is 1. The van der Waals surface area contributed by atoms with Crippen molar-refractivity contribution in [3.63, 3.8) is 0 Å². The van der Waals surface area contributed by atoms with Crippen LogP contribution in [0.1, 0.15) is 31.4 Å². The summed E-state index contributed by atoms with van der Waals surface area (Å²) in [6.45, 7) is 3.79. The van der Waals surface area contributed by atoms with E-state index < -0.39 is 15.7 Å². The summed E-state index contributed by atoms with van der Waals surface area (Å²) < 4.78 is 36.9. The first-order valence-corrected chi connectivity index (χ1v) is 7.58. The van der Waals surface area contributed by atoms with Crippen molar-refractivity contribution in [3.8, 4) is 6.07 Å². The lowest BCUT2D eigenvalue weighted by Gasteiger charge is -2.09. The third kappa shape index (κ3) is 4.46. The van der Waals surface area contributed by atoms with Crippen LogP contribution < -0.4 is 0 Å². The van der Waals surface area contributed by atoms with Crippen molar-refractivity contribution in [1.29, 1.82) is 5.26 Å². The molecule has 0 amide bonds. The summed E-state index contributed by atoms with van der Waals surface area (Å²) in [6, 6.07) is 5.47. The summed E-state index contributed by atoms with van der Waals surface area (Å²) in [5, 5.41) is 8.70. The van der Waals surface area contributed by atoms with E-state index in [1.807, 2.05) is 19.9 Å². The van der Waals surface area contributed by atoms with Gasteiger partial charge < -0.3 is 0 Å². The molecule has 0 spiro atoms. The van der Waals surface area contributed by atoms with Gasteiger partial charge in [-0.05, 0) is 29.7 Å². The quantitative estimate of drug-likeness (QED) is 0.825. The second-order valence-corrected chi connectivity index (χ2v) is 6.64. The van der Waals surface area contributed by atoms with Crippen molar-refractivity contribution in [1.82, 2.24) is 0 Å². The molecule has 1 unspecified atom stereocenters. The first kappa shape index (κ1) is 14.7. The molecule has 98 valence electrons. The molecule has 0 fully saturated rings. The highest BCUT2D eigenvalue weighted by molar-refractivity contribution is 7.90. The van der Waals surface area contributed by atoms with Crippen LogP contribution in [0, 0.1) is 23.1 Å². The lowest BCUT2D eigenvalue weighted by Crippen LogP contribution is -2.15. The van der Waals surface area contributed by atoms with Crippen LogP contribution in [-0.2, 0) is 15.6 Å². The van der Waals surface area contributed by atoms with E-state index in [1.54, 1.807) is 0 Å². The molecule has 0 aliphatic heterocycles. The Balaban J connectivity index is 2.91. The second-order valence-electron chi connectivity index (χ2n) is 4.53. The molecule has 0 N–H and O–H groups in total. The van der Waals surface area contributed by atoms with Gasteiger partial charge in [0.15, 0.2) is 9.84 Å². The Hall–Kier alpha value is -1.41. The Bertz CT molecular complexity index is 561. The molecule has 0 radical (unpaired) electrons. The summed E-state index contributed by atoms with van der Waals surface area (Å²) >= 11 is 0. The number of rotatable bonds is 5. The van der Waals surface area contributed by atoms with E-state index in [9.17, 15) is 12.8 Å². The minimum atomic E-state index is -3.26. The fraction of sp³-hybridized carbons (Fsp3) is 0.462. The maximum Gasteiger partial charge on any atom is 0.154 e. The van der Waals surface area contributed by atoms with Crippen LogP contribution in [-0.4, -0.2) is 14.2 Å². The van der Waals surface area contributed by atoms with Crippen molar-refractivity contribution >= 4 is 9.84 Å². The fourth-order valence-corrected chi connectivity index (χ4v) is 3.56. The first-order valence-electron chi connectivity index (χ1n) is 5.76. The SMILES string of the molecule is CCC(C)CS(=O)(=O)Cc1cc(F)cc(C#N)c1. The molecular weight excluding hydrogens is 253 g/mol. The van der Waals surface area contributed by atoms with Gasteiger partial charge in [0.1, 0.15) is 5.82 Å². The number of nitriles is 1. The minimum absolute atomic E-state index is 0.0824. The minimum Gasteiger partial charge on any atom is -0.228 e. The van der Waals surface area contributed by atoms with Crippen molar-refractivity contribution in [2.45, 2.75) is 26.0 Å². The molecule has 1 aromatic carbocycles. The molecule has 5 heteroatoms. The van der Waals surface area contributed by atoms with E-state index in [2.05, 4.69) is 0 Å². The van der Waals surface area contributed by atoms with Gasteiger partial charge in [-0.25, -0.2) is 12.8 Å². The van der Waals surface area contributed by atoms with Gasteiger partial charge in [-0.3, -0.25) is 0 Å². The van der Waals surface area contributed by atoms with Crippen LogP contribution >= 0.6 is 0 Å². The number of hydrogen-bond acceptors (Lipinski definition) is 3. The summed E-state index contributed by atoms with van der Waals surface area (Å²) in [6.07, 6.45) is 0.784. The number of halogens is 1. The standard InChI is InChI=1S/C13H16FNO2S/c1-3-10(2)8-18(16,17)9-12-4-11(7-15)5-13(14)6-12/h4-6,10H,3,8-9H2,1-2H3. The molecular formula is C13H16FNO2S. The lowest BCUT2D eigenvalue weighted by molar-refractivity contribution is 0.563. The Morgan fingerprint density at radius 1 is 1.39 bits per heavy atom. The van der Waals surface area contributed by atoms with E-state index in [4.69, 9.17) is 5.26 Å². The molecule has 0 saturated carbocycles. The smallest absolute Gasteiger partial charge is 0.154 e. The van der Waals surface area contributed by atoms with Crippen molar-refractivity contribution in [2.75, 3.05) is 5.75 Å². The van der Waals surface area contributed by atoms with Gasteiger partial charge in [-0.15, -0.1) is 0 Å². The Morgan fingerprint density at radius 3 is 2.61 bits per heavy atom. The lowest BCUT2D eigenvalue weighted by atomic mass is 10.1. The van der Waals surface area contributed by atoms with E-state index in [0.29, 0.717) is 5.56 Å². The monoisotopic (exact) mass is 269 g/mol. The highest BCUT2D eigenvalue weighted by atomic mass is 32.2. The molecule has 0 saturated heterocycles. The molecule has 3 nitrogen and oxygen atoms in total. The molecule has 1 aromatic rings. The number of sulfone groups is 1. The van der Waals surface area contributed by atoms with Gasteiger partial charge in [0.25, 0.3) is 0 Å². The van der Waals surface area contributed by atoms with E-state index >= 15 is 0 Å².